The number of aliphatic hydroxyl groups excluding tert-OH is 1. The lowest BCUT2D eigenvalue weighted by Gasteiger charge is -2.37. The third-order valence-electron chi connectivity index (χ3n) is 6.12. The maximum atomic E-state index is 12.7. The number of ether oxygens (including phenoxy) is 2. The largest absolute Gasteiger partial charge is 0.393 e. The SMILES string of the molecule is C[C@H](OCC1(C)CCC(O)CC1)[C@@H](N)COC1CCC(C(F)(F)F)CC1. The molecule has 0 unspecified atom stereocenters. The minimum absolute atomic E-state index is 0.0735. The lowest BCUT2D eigenvalue weighted by atomic mass is 9.75. The van der Waals surface area contributed by atoms with Gasteiger partial charge < -0.3 is 20.3 Å². The number of nitrogens with two attached hydrogens (primary N) is 1. The van der Waals surface area contributed by atoms with Crippen LogP contribution in [0.15, 0.2) is 0 Å². The summed E-state index contributed by atoms with van der Waals surface area (Å²) >= 11 is 0. The monoisotopic (exact) mass is 381 g/mol. The molecule has 0 aromatic carbocycles. The predicted octanol–water partition coefficient (Wildman–Crippen LogP) is 3.80. The van der Waals surface area contributed by atoms with Crippen molar-refractivity contribution in [1.82, 2.24) is 0 Å². The van der Waals surface area contributed by atoms with Gasteiger partial charge in [-0.25, -0.2) is 0 Å². The van der Waals surface area contributed by atoms with Gasteiger partial charge in [0.2, 0.25) is 0 Å². The Morgan fingerprint density at radius 3 is 2.23 bits per heavy atom. The second kappa shape index (κ2) is 9.22. The summed E-state index contributed by atoms with van der Waals surface area (Å²) in [5, 5.41) is 9.62. The molecule has 0 aromatic heterocycles. The highest BCUT2D eigenvalue weighted by molar-refractivity contribution is 4.83. The Kier molecular flexibility index (Phi) is 7.77. The zero-order valence-corrected chi connectivity index (χ0v) is 15.9. The van der Waals surface area contributed by atoms with E-state index in [2.05, 4.69) is 6.92 Å². The third-order valence-corrected chi connectivity index (χ3v) is 6.12. The third kappa shape index (κ3) is 6.66. The Morgan fingerprint density at radius 1 is 1.12 bits per heavy atom. The van der Waals surface area contributed by atoms with E-state index in [9.17, 15) is 18.3 Å². The summed E-state index contributed by atoms with van der Waals surface area (Å²) < 4.78 is 49.8. The molecule has 0 spiro atoms. The highest BCUT2D eigenvalue weighted by Gasteiger charge is 2.41. The summed E-state index contributed by atoms with van der Waals surface area (Å²) in [5.41, 5.74) is 6.22. The van der Waals surface area contributed by atoms with Gasteiger partial charge in [-0.05, 0) is 63.7 Å². The molecule has 2 aliphatic rings. The maximum absolute atomic E-state index is 12.7. The van der Waals surface area contributed by atoms with E-state index in [1.54, 1.807) is 0 Å². The molecule has 0 saturated heterocycles. The highest BCUT2D eigenvalue weighted by atomic mass is 19.4. The smallest absolute Gasteiger partial charge is 0.391 e. The van der Waals surface area contributed by atoms with Gasteiger partial charge in [0, 0.05) is 0 Å². The van der Waals surface area contributed by atoms with Crippen molar-refractivity contribution in [1.29, 1.82) is 0 Å². The molecule has 0 aliphatic heterocycles. The van der Waals surface area contributed by atoms with Gasteiger partial charge in [-0.15, -0.1) is 0 Å². The number of hydrogen-bond acceptors (Lipinski definition) is 4. The minimum Gasteiger partial charge on any atom is -0.393 e. The van der Waals surface area contributed by atoms with Crippen LogP contribution in [-0.2, 0) is 9.47 Å². The predicted molar refractivity (Wildman–Crippen MR) is 93.7 cm³/mol. The quantitative estimate of drug-likeness (QED) is 0.704. The van der Waals surface area contributed by atoms with Crippen LogP contribution in [0.3, 0.4) is 0 Å². The Bertz CT molecular complexity index is 417. The molecule has 0 bridgehead atoms. The molecule has 0 radical (unpaired) electrons. The summed E-state index contributed by atoms with van der Waals surface area (Å²) in [5.74, 6) is -1.19. The molecular formula is C19H34F3NO3. The highest BCUT2D eigenvalue weighted by Crippen LogP contribution is 2.38. The fourth-order valence-electron chi connectivity index (χ4n) is 3.84. The van der Waals surface area contributed by atoms with Crippen molar-refractivity contribution in [2.45, 2.75) is 95.7 Å². The van der Waals surface area contributed by atoms with E-state index in [1.807, 2.05) is 6.92 Å². The summed E-state index contributed by atoms with van der Waals surface area (Å²) in [4.78, 5) is 0. The standard InChI is InChI=1S/C19H34F3NO3/c1-13(26-12-18(2)9-7-15(24)8-10-18)17(23)11-25-16-5-3-14(4-6-16)19(20,21)22/h13-17,24H,3-12,23H2,1-2H3/t13-,14?,15?,16?,17-,18?/m0/s1. The first-order valence-corrected chi connectivity index (χ1v) is 9.82. The molecule has 2 rings (SSSR count). The number of halogens is 3. The maximum Gasteiger partial charge on any atom is 0.391 e. The average Bonchev–Trinajstić information content (AvgIpc) is 2.60. The summed E-state index contributed by atoms with van der Waals surface area (Å²) in [7, 11) is 0. The Balaban J connectivity index is 1.64. The van der Waals surface area contributed by atoms with Crippen LogP contribution in [0.2, 0.25) is 0 Å². The second-order valence-electron chi connectivity index (χ2n) is 8.57. The van der Waals surface area contributed by atoms with Gasteiger partial charge in [0.1, 0.15) is 0 Å². The van der Waals surface area contributed by atoms with Crippen LogP contribution in [-0.4, -0.2) is 48.9 Å². The number of alkyl halides is 3. The van der Waals surface area contributed by atoms with E-state index < -0.39 is 12.1 Å². The molecule has 4 nitrogen and oxygen atoms in total. The first kappa shape index (κ1) is 21.9. The van der Waals surface area contributed by atoms with Crippen LogP contribution in [0.25, 0.3) is 0 Å². The molecule has 2 saturated carbocycles. The van der Waals surface area contributed by atoms with Crippen molar-refractivity contribution in [3.63, 3.8) is 0 Å². The Hall–Kier alpha value is -0.370. The van der Waals surface area contributed by atoms with Gasteiger partial charge in [-0.1, -0.05) is 6.92 Å². The molecule has 2 fully saturated rings. The van der Waals surface area contributed by atoms with Crippen molar-refractivity contribution < 1.29 is 27.8 Å². The second-order valence-corrected chi connectivity index (χ2v) is 8.57. The number of aliphatic hydroxyl groups is 1. The van der Waals surface area contributed by atoms with Crippen LogP contribution in [0, 0.1) is 11.3 Å². The van der Waals surface area contributed by atoms with Crippen molar-refractivity contribution in [2.24, 2.45) is 17.1 Å². The van der Waals surface area contributed by atoms with Crippen LogP contribution in [0.5, 0.6) is 0 Å². The van der Waals surface area contributed by atoms with Crippen molar-refractivity contribution in [3.8, 4) is 0 Å². The molecule has 0 heterocycles. The van der Waals surface area contributed by atoms with E-state index in [0.717, 1.165) is 25.7 Å². The van der Waals surface area contributed by atoms with Crippen molar-refractivity contribution in [2.75, 3.05) is 13.2 Å². The van der Waals surface area contributed by atoms with E-state index in [4.69, 9.17) is 15.2 Å². The van der Waals surface area contributed by atoms with Crippen LogP contribution < -0.4 is 5.73 Å². The molecule has 3 N–H and O–H groups in total. The molecule has 7 heteroatoms. The van der Waals surface area contributed by atoms with Crippen LogP contribution in [0.4, 0.5) is 13.2 Å². The van der Waals surface area contributed by atoms with E-state index in [0.29, 0.717) is 26.1 Å². The molecule has 26 heavy (non-hydrogen) atoms. The van der Waals surface area contributed by atoms with Gasteiger partial charge in [0.15, 0.2) is 0 Å². The zero-order valence-electron chi connectivity index (χ0n) is 15.9. The number of hydrogen-bond donors (Lipinski definition) is 2. The fourth-order valence-corrected chi connectivity index (χ4v) is 3.84. The van der Waals surface area contributed by atoms with E-state index in [1.165, 1.54) is 0 Å². The fraction of sp³-hybridized carbons (Fsp3) is 1.00. The molecule has 2 atom stereocenters. The first-order chi connectivity index (χ1) is 12.1. The molecule has 0 aromatic rings. The van der Waals surface area contributed by atoms with Gasteiger partial charge in [0.05, 0.1) is 43.5 Å². The number of rotatable bonds is 7. The Labute approximate surface area is 154 Å². The molecule has 0 amide bonds. The van der Waals surface area contributed by atoms with Gasteiger partial charge in [0.25, 0.3) is 0 Å². The lowest BCUT2D eigenvalue weighted by molar-refractivity contribution is -0.188. The summed E-state index contributed by atoms with van der Waals surface area (Å²) in [6.07, 6.45) is 0.0592. The van der Waals surface area contributed by atoms with E-state index in [-0.39, 0.29) is 42.6 Å². The minimum atomic E-state index is -4.09. The first-order valence-electron chi connectivity index (χ1n) is 9.82. The van der Waals surface area contributed by atoms with Gasteiger partial charge in [-0.2, -0.15) is 13.2 Å². The summed E-state index contributed by atoms with van der Waals surface area (Å²) in [6, 6.07) is -0.298. The van der Waals surface area contributed by atoms with Crippen LogP contribution in [0.1, 0.15) is 65.2 Å². The Morgan fingerprint density at radius 2 is 1.69 bits per heavy atom. The van der Waals surface area contributed by atoms with Gasteiger partial charge in [-0.3, -0.25) is 0 Å². The van der Waals surface area contributed by atoms with Crippen LogP contribution >= 0.6 is 0 Å². The lowest BCUT2D eigenvalue weighted by Crippen LogP contribution is -2.42. The zero-order chi connectivity index (χ0) is 19.4. The van der Waals surface area contributed by atoms with E-state index >= 15 is 0 Å². The van der Waals surface area contributed by atoms with Crippen molar-refractivity contribution in [3.05, 3.63) is 0 Å². The molecule has 2 aliphatic carbocycles. The average molecular weight is 381 g/mol. The van der Waals surface area contributed by atoms with Gasteiger partial charge >= 0.3 is 6.18 Å². The normalized spacial score (nSPS) is 35.9. The van der Waals surface area contributed by atoms with Crippen molar-refractivity contribution >= 4 is 0 Å². The summed E-state index contributed by atoms with van der Waals surface area (Å²) in [6.45, 7) is 4.99. The molecule has 154 valence electrons. The topological polar surface area (TPSA) is 64.7 Å². The molecular weight excluding hydrogens is 347 g/mol.